The highest BCUT2D eigenvalue weighted by atomic mass is 32.2. The van der Waals surface area contributed by atoms with Crippen LogP contribution in [0.4, 0.5) is 5.69 Å². The van der Waals surface area contributed by atoms with E-state index >= 15 is 0 Å². The van der Waals surface area contributed by atoms with Gasteiger partial charge in [-0.3, -0.25) is 4.79 Å². The van der Waals surface area contributed by atoms with Gasteiger partial charge in [-0.1, -0.05) is 54.6 Å². The summed E-state index contributed by atoms with van der Waals surface area (Å²) in [6, 6.07) is 15.6. The van der Waals surface area contributed by atoms with Gasteiger partial charge in [0.2, 0.25) is 5.91 Å². The Morgan fingerprint density at radius 2 is 2.00 bits per heavy atom. The molecular weight excluding hydrogens is 372 g/mol. The smallest absolute Gasteiger partial charge is 0.234 e. The molecule has 0 bridgehead atoms. The largest absolute Gasteiger partial charge is 0.495 e. The lowest BCUT2D eigenvalue weighted by Crippen LogP contribution is -2.15. The summed E-state index contributed by atoms with van der Waals surface area (Å²) in [6.07, 6.45) is 0.956. The number of aromatic nitrogens is 3. The number of hydrogen-bond acceptors (Lipinski definition) is 5. The molecule has 7 heteroatoms. The summed E-state index contributed by atoms with van der Waals surface area (Å²) in [5, 5.41) is 12.3. The molecule has 0 atom stereocenters. The molecule has 0 aliphatic rings. The number of carbonyl (C=O) groups is 1. The average molecular weight is 397 g/mol. The van der Waals surface area contributed by atoms with E-state index in [1.54, 1.807) is 7.11 Å². The molecule has 0 saturated carbocycles. The summed E-state index contributed by atoms with van der Waals surface area (Å²) in [5.74, 6) is 1.60. The predicted octanol–water partition coefficient (Wildman–Crippen LogP) is 4.40. The first-order chi connectivity index (χ1) is 13.6. The molecular formula is C21H24N4O2S. The van der Waals surface area contributed by atoms with Crippen molar-refractivity contribution in [3.8, 4) is 17.1 Å². The number of para-hydroxylation sites is 2. The van der Waals surface area contributed by atoms with E-state index < -0.39 is 0 Å². The lowest BCUT2D eigenvalue weighted by atomic mass is 10.1. The molecule has 0 aliphatic heterocycles. The topological polar surface area (TPSA) is 69.0 Å². The molecule has 1 heterocycles. The molecule has 0 fully saturated rings. The van der Waals surface area contributed by atoms with Gasteiger partial charge in [0.05, 0.1) is 18.6 Å². The third-order valence-corrected chi connectivity index (χ3v) is 5.12. The van der Waals surface area contributed by atoms with Crippen LogP contribution in [0.1, 0.15) is 18.9 Å². The second-order valence-corrected chi connectivity index (χ2v) is 7.31. The number of benzene rings is 2. The Balaban J connectivity index is 1.73. The van der Waals surface area contributed by atoms with Crippen molar-refractivity contribution in [2.75, 3.05) is 18.2 Å². The molecule has 146 valence electrons. The van der Waals surface area contributed by atoms with Gasteiger partial charge < -0.3 is 14.6 Å². The standard InChI is InChI=1S/C21H24N4O2S/c1-4-12-25-20(16-9-7-8-15(2)13-16)23-24-21(25)28-14-19(26)22-17-10-5-6-11-18(17)27-3/h5-11,13H,4,12,14H2,1-3H3,(H,22,26). The Morgan fingerprint density at radius 1 is 1.18 bits per heavy atom. The summed E-state index contributed by atoms with van der Waals surface area (Å²) in [5.41, 5.74) is 2.87. The van der Waals surface area contributed by atoms with E-state index in [1.165, 1.54) is 17.3 Å². The van der Waals surface area contributed by atoms with Crippen molar-refractivity contribution in [2.24, 2.45) is 0 Å². The highest BCUT2D eigenvalue weighted by Gasteiger charge is 2.16. The number of anilines is 1. The maximum atomic E-state index is 12.4. The minimum atomic E-state index is -0.113. The first kappa shape index (κ1) is 19.9. The zero-order valence-electron chi connectivity index (χ0n) is 16.3. The van der Waals surface area contributed by atoms with Gasteiger partial charge in [-0.05, 0) is 31.5 Å². The minimum absolute atomic E-state index is 0.113. The molecule has 6 nitrogen and oxygen atoms in total. The number of nitrogens with one attached hydrogen (secondary N) is 1. The first-order valence-electron chi connectivity index (χ1n) is 9.18. The van der Waals surface area contributed by atoms with E-state index in [9.17, 15) is 4.79 Å². The van der Waals surface area contributed by atoms with Crippen LogP contribution in [-0.2, 0) is 11.3 Å². The highest BCUT2D eigenvalue weighted by Crippen LogP contribution is 2.26. The zero-order valence-corrected chi connectivity index (χ0v) is 17.1. The summed E-state index contributed by atoms with van der Waals surface area (Å²) in [7, 11) is 1.58. The van der Waals surface area contributed by atoms with Crippen LogP contribution in [0.2, 0.25) is 0 Å². The maximum absolute atomic E-state index is 12.4. The second kappa shape index (κ2) is 9.41. The summed E-state index contributed by atoms with van der Waals surface area (Å²) in [6.45, 7) is 4.97. The number of methoxy groups -OCH3 is 1. The summed E-state index contributed by atoms with van der Waals surface area (Å²) < 4.78 is 7.35. The Kier molecular flexibility index (Phi) is 6.71. The van der Waals surface area contributed by atoms with E-state index in [4.69, 9.17) is 4.74 Å². The molecule has 28 heavy (non-hydrogen) atoms. The molecule has 0 saturated heterocycles. The number of carbonyl (C=O) groups excluding carboxylic acids is 1. The van der Waals surface area contributed by atoms with Crippen LogP contribution in [-0.4, -0.2) is 33.5 Å². The van der Waals surface area contributed by atoms with Crippen LogP contribution in [0.3, 0.4) is 0 Å². The molecule has 1 aromatic heterocycles. The number of aryl methyl sites for hydroxylation is 1. The van der Waals surface area contributed by atoms with Gasteiger partial charge in [0.15, 0.2) is 11.0 Å². The molecule has 1 amide bonds. The average Bonchev–Trinajstić information content (AvgIpc) is 3.10. The Morgan fingerprint density at radius 3 is 2.75 bits per heavy atom. The van der Waals surface area contributed by atoms with Crippen LogP contribution in [0, 0.1) is 6.92 Å². The van der Waals surface area contributed by atoms with Crippen molar-refractivity contribution in [3.63, 3.8) is 0 Å². The van der Waals surface area contributed by atoms with Crippen molar-refractivity contribution < 1.29 is 9.53 Å². The van der Waals surface area contributed by atoms with Gasteiger partial charge in [-0.25, -0.2) is 0 Å². The lowest BCUT2D eigenvalue weighted by Gasteiger charge is -2.11. The zero-order chi connectivity index (χ0) is 19.9. The van der Waals surface area contributed by atoms with Crippen molar-refractivity contribution >= 4 is 23.4 Å². The van der Waals surface area contributed by atoms with Gasteiger partial charge in [0, 0.05) is 12.1 Å². The van der Waals surface area contributed by atoms with E-state index in [-0.39, 0.29) is 11.7 Å². The number of ether oxygens (including phenoxy) is 1. The SMILES string of the molecule is CCCn1c(SCC(=O)Nc2ccccc2OC)nnc1-c1cccc(C)c1. The normalized spacial score (nSPS) is 10.7. The molecule has 0 unspecified atom stereocenters. The van der Waals surface area contributed by atoms with Crippen molar-refractivity contribution in [1.82, 2.24) is 14.8 Å². The monoisotopic (exact) mass is 396 g/mol. The fourth-order valence-corrected chi connectivity index (χ4v) is 3.65. The minimum Gasteiger partial charge on any atom is -0.495 e. The fraction of sp³-hybridized carbons (Fsp3) is 0.286. The predicted molar refractivity (Wildman–Crippen MR) is 113 cm³/mol. The Labute approximate surface area is 169 Å². The molecule has 0 radical (unpaired) electrons. The molecule has 3 aromatic rings. The van der Waals surface area contributed by atoms with Crippen molar-refractivity contribution in [3.05, 3.63) is 54.1 Å². The van der Waals surface area contributed by atoms with E-state index in [1.807, 2.05) is 36.4 Å². The van der Waals surface area contributed by atoms with Crippen LogP contribution in [0.5, 0.6) is 5.75 Å². The maximum Gasteiger partial charge on any atom is 0.234 e. The lowest BCUT2D eigenvalue weighted by molar-refractivity contribution is -0.113. The molecule has 0 spiro atoms. The number of nitrogens with zero attached hydrogens (tertiary/aromatic N) is 3. The third kappa shape index (κ3) is 4.72. The highest BCUT2D eigenvalue weighted by molar-refractivity contribution is 7.99. The number of amides is 1. The van der Waals surface area contributed by atoms with Gasteiger partial charge >= 0.3 is 0 Å². The van der Waals surface area contributed by atoms with Crippen molar-refractivity contribution in [2.45, 2.75) is 32.0 Å². The number of thioether (sulfide) groups is 1. The van der Waals surface area contributed by atoms with Gasteiger partial charge in [0.1, 0.15) is 5.75 Å². The number of hydrogen-bond donors (Lipinski definition) is 1. The van der Waals surface area contributed by atoms with Gasteiger partial charge in [0.25, 0.3) is 0 Å². The summed E-state index contributed by atoms with van der Waals surface area (Å²) in [4.78, 5) is 12.4. The Hall–Kier alpha value is -2.80. The third-order valence-electron chi connectivity index (χ3n) is 4.15. The molecule has 3 rings (SSSR count). The summed E-state index contributed by atoms with van der Waals surface area (Å²) >= 11 is 1.38. The molecule has 1 N–H and O–H groups in total. The quantitative estimate of drug-likeness (QED) is 0.572. The van der Waals surface area contributed by atoms with Crippen LogP contribution < -0.4 is 10.1 Å². The first-order valence-corrected chi connectivity index (χ1v) is 10.2. The van der Waals surface area contributed by atoms with Crippen LogP contribution in [0.25, 0.3) is 11.4 Å². The van der Waals surface area contributed by atoms with E-state index in [0.717, 1.165) is 29.5 Å². The molecule has 0 aliphatic carbocycles. The van der Waals surface area contributed by atoms with Crippen LogP contribution in [0.15, 0.2) is 53.7 Å². The van der Waals surface area contributed by atoms with Crippen LogP contribution >= 0.6 is 11.8 Å². The number of rotatable bonds is 8. The molecule has 2 aromatic carbocycles. The van der Waals surface area contributed by atoms with Crippen molar-refractivity contribution in [1.29, 1.82) is 0 Å². The van der Waals surface area contributed by atoms with E-state index in [0.29, 0.717) is 11.4 Å². The second-order valence-electron chi connectivity index (χ2n) is 6.36. The van der Waals surface area contributed by atoms with Gasteiger partial charge in [-0.15, -0.1) is 10.2 Å². The fourth-order valence-electron chi connectivity index (χ4n) is 2.88. The van der Waals surface area contributed by atoms with Gasteiger partial charge in [-0.2, -0.15) is 0 Å². The Bertz CT molecular complexity index is 955. The van der Waals surface area contributed by atoms with E-state index in [2.05, 4.69) is 46.1 Å².